The van der Waals surface area contributed by atoms with E-state index in [9.17, 15) is 4.79 Å². The highest BCUT2D eigenvalue weighted by molar-refractivity contribution is 5.68. The largest absolute Gasteiger partial charge is 0.491 e. The number of ether oxygens (including phenoxy) is 3. The number of methoxy groups -OCH3 is 1. The lowest BCUT2D eigenvalue weighted by Crippen LogP contribution is -2.50. The third kappa shape index (κ3) is 6.28. The minimum Gasteiger partial charge on any atom is -0.491 e. The van der Waals surface area contributed by atoms with Gasteiger partial charge in [-0.05, 0) is 45.7 Å². The predicted molar refractivity (Wildman–Crippen MR) is 93.6 cm³/mol. The molecule has 0 aromatic heterocycles. The summed E-state index contributed by atoms with van der Waals surface area (Å²) in [6.45, 7) is 6.68. The highest BCUT2D eigenvalue weighted by Crippen LogP contribution is 2.26. The van der Waals surface area contributed by atoms with Crippen LogP contribution >= 0.6 is 0 Å². The molecule has 0 radical (unpaired) electrons. The number of carbonyl (C=O) groups excluding carboxylic acids is 1. The molecule has 24 heavy (non-hydrogen) atoms. The Bertz CT molecular complexity index is 536. The molecule has 1 amide bonds. The van der Waals surface area contributed by atoms with Gasteiger partial charge in [-0.1, -0.05) is 6.07 Å². The zero-order valence-electron chi connectivity index (χ0n) is 14.9. The molecule has 1 aromatic rings. The average Bonchev–Trinajstić information content (AvgIpc) is 2.44. The molecule has 1 aliphatic rings. The van der Waals surface area contributed by atoms with Gasteiger partial charge in [0.25, 0.3) is 0 Å². The Balaban J connectivity index is 1.71. The van der Waals surface area contributed by atoms with Crippen molar-refractivity contribution < 1.29 is 19.0 Å². The molecule has 0 heterocycles. The van der Waals surface area contributed by atoms with Crippen LogP contribution < -0.4 is 15.4 Å². The van der Waals surface area contributed by atoms with Gasteiger partial charge < -0.3 is 24.8 Å². The fourth-order valence-electron chi connectivity index (χ4n) is 2.48. The van der Waals surface area contributed by atoms with Crippen molar-refractivity contribution in [1.29, 1.82) is 0 Å². The van der Waals surface area contributed by atoms with Crippen molar-refractivity contribution in [3.63, 3.8) is 0 Å². The Hall–Kier alpha value is -1.95. The molecule has 0 atom stereocenters. The maximum absolute atomic E-state index is 11.7. The Morgan fingerprint density at radius 2 is 1.96 bits per heavy atom. The monoisotopic (exact) mass is 336 g/mol. The van der Waals surface area contributed by atoms with Gasteiger partial charge in [0.15, 0.2) is 0 Å². The average molecular weight is 336 g/mol. The molecule has 0 unspecified atom stereocenters. The molecule has 0 spiro atoms. The summed E-state index contributed by atoms with van der Waals surface area (Å²) in [5.74, 6) is 0.819. The van der Waals surface area contributed by atoms with Crippen LogP contribution in [-0.4, -0.2) is 44.1 Å². The standard InChI is InChI=1S/C18H28N2O4/c1-18(2,3)24-17(21)20-15-10-14(11-15)19-13-6-5-7-16(12-13)23-9-8-22-4/h5-7,12,14-15,19H,8-11H2,1-4H3,(H,20,21). The van der Waals surface area contributed by atoms with Crippen LogP contribution in [0.15, 0.2) is 24.3 Å². The third-order valence-corrected chi connectivity index (χ3v) is 3.62. The van der Waals surface area contributed by atoms with E-state index in [1.807, 2.05) is 45.0 Å². The number of benzene rings is 1. The maximum Gasteiger partial charge on any atom is 0.407 e. The van der Waals surface area contributed by atoms with Crippen molar-refractivity contribution in [1.82, 2.24) is 5.32 Å². The number of rotatable bonds is 7. The topological polar surface area (TPSA) is 68.8 Å². The molecule has 0 saturated heterocycles. The fraction of sp³-hybridized carbons (Fsp3) is 0.611. The van der Waals surface area contributed by atoms with E-state index in [1.165, 1.54) is 0 Å². The fourth-order valence-corrected chi connectivity index (χ4v) is 2.48. The van der Waals surface area contributed by atoms with Gasteiger partial charge >= 0.3 is 6.09 Å². The van der Waals surface area contributed by atoms with Gasteiger partial charge in [0.2, 0.25) is 0 Å². The van der Waals surface area contributed by atoms with E-state index in [0.717, 1.165) is 24.3 Å². The summed E-state index contributed by atoms with van der Waals surface area (Å²) in [6.07, 6.45) is 1.42. The minimum atomic E-state index is -0.464. The summed E-state index contributed by atoms with van der Waals surface area (Å²) in [5, 5.41) is 6.35. The van der Waals surface area contributed by atoms with Crippen molar-refractivity contribution in [2.45, 2.75) is 51.3 Å². The first-order chi connectivity index (χ1) is 11.4. The summed E-state index contributed by atoms with van der Waals surface area (Å²) in [7, 11) is 1.65. The number of amides is 1. The number of anilines is 1. The molecular formula is C18H28N2O4. The Labute approximate surface area is 143 Å². The van der Waals surface area contributed by atoms with Gasteiger partial charge in [-0.3, -0.25) is 0 Å². The van der Waals surface area contributed by atoms with Crippen LogP contribution in [0.25, 0.3) is 0 Å². The second kappa shape index (κ2) is 8.24. The second-order valence-electron chi connectivity index (χ2n) is 7.02. The van der Waals surface area contributed by atoms with Crippen LogP contribution in [-0.2, 0) is 9.47 Å². The van der Waals surface area contributed by atoms with Gasteiger partial charge in [-0.2, -0.15) is 0 Å². The maximum atomic E-state index is 11.7. The zero-order chi connectivity index (χ0) is 17.6. The first-order valence-electron chi connectivity index (χ1n) is 8.33. The lowest BCUT2D eigenvalue weighted by Gasteiger charge is -2.37. The summed E-state index contributed by atoms with van der Waals surface area (Å²) in [4.78, 5) is 11.7. The highest BCUT2D eigenvalue weighted by Gasteiger charge is 2.31. The smallest absolute Gasteiger partial charge is 0.407 e. The lowest BCUT2D eigenvalue weighted by molar-refractivity contribution is 0.0475. The zero-order valence-corrected chi connectivity index (χ0v) is 14.9. The van der Waals surface area contributed by atoms with Crippen molar-refractivity contribution in [2.75, 3.05) is 25.6 Å². The predicted octanol–water partition coefficient (Wildman–Crippen LogP) is 3.18. The number of carbonyl (C=O) groups is 1. The van der Waals surface area contributed by atoms with Crippen LogP contribution in [0.2, 0.25) is 0 Å². The Kier molecular flexibility index (Phi) is 6.31. The van der Waals surface area contributed by atoms with E-state index in [1.54, 1.807) is 7.11 Å². The van der Waals surface area contributed by atoms with E-state index in [0.29, 0.717) is 19.3 Å². The van der Waals surface area contributed by atoms with Gasteiger partial charge in [-0.25, -0.2) is 4.79 Å². The van der Waals surface area contributed by atoms with Crippen LogP contribution in [0.1, 0.15) is 33.6 Å². The molecule has 1 fully saturated rings. The third-order valence-electron chi connectivity index (χ3n) is 3.62. The Morgan fingerprint density at radius 1 is 1.21 bits per heavy atom. The van der Waals surface area contributed by atoms with E-state index in [4.69, 9.17) is 14.2 Å². The number of nitrogens with one attached hydrogen (secondary N) is 2. The molecule has 0 bridgehead atoms. The highest BCUT2D eigenvalue weighted by atomic mass is 16.6. The normalized spacial score (nSPS) is 20.0. The first-order valence-corrected chi connectivity index (χ1v) is 8.33. The summed E-state index contributed by atoms with van der Waals surface area (Å²) >= 11 is 0. The van der Waals surface area contributed by atoms with Crippen molar-refractivity contribution in [3.8, 4) is 5.75 Å². The van der Waals surface area contributed by atoms with E-state index in [2.05, 4.69) is 10.6 Å². The van der Waals surface area contributed by atoms with Crippen LogP contribution in [0, 0.1) is 0 Å². The SMILES string of the molecule is COCCOc1cccc(NC2CC(NC(=O)OC(C)(C)C)C2)c1. The van der Waals surface area contributed by atoms with Gasteiger partial charge in [0.05, 0.1) is 6.61 Å². The molecule has 2 rings (SSSR count). The van der Waals surface area contributed by atoms with E-state index >= 15 is 0 Å². The van der Waals surface area contributed by atoms with Crippen molar-refractivity contribution in [2.24, 2.45) is 0 Å². The van der Waals surface area contributed by atoms with Crippen molar-refractivity contribution in [3.05, 3.63) is 24.3 Å². The second-order valence-corrected chi connectivity index (χ2v) is 7.02. The summed E-state index contributed by atoms with van der Waals surface area (Å²) < 4.78 is 15.8. The van der Waals surface area contributed by atoms with E-state index < -0.39 is 5.60 Å². The van der Waals surface area contributed by atoms with Crippen LogP contribution in [0.5, 0.6) is 5.75 Å². The molecule has 134 valence electrons. The Morgan fingerprint density at radius 3 is 2.62 bits per heavy atom. The minimum absolute atomic E-state index is 0.165. The molecule has 1 aromatic carbocycles. The summed E-state index contributed by atoms with van der Waals surface area (Å²) in [5.41, 5.74) is 0.556. The molecule has 1 aliphatic carbocycles. The van der Waals surface area contributed by atoms with Crippen LogP contribution in [0.4, 0.5) is 10.5 Å². The number of alkyl carbamates (subject to hydrolysis) is 1. The quantitative estimate of drug-likeness (QED) is 0.749. The van der Waals surface area contributed by atoms with Crippen molar-refractivity contribution >= 4 is 11.8 Å². The molecule has 6 nitrogen and oxygen atoms in total. The molecule has 0 aliphatic heterocycles. The molecule has 1 saturated carbocycles. The van der Waals surface area contributed by atoms with Gasteiger partial charge in [0, 0.05) is 30.9 Å². The number of hydrogen-bond donors (Lipinski definition) is 2. The summed E-state index contributed by atoms with van der Waals surface area (Å²) in [6, 6.07) is 8.38. The first kappa shape index (κ1) is 18.4. The van der Waals surface area contributed by atoms with E-state index in [-0.39, 0.29) is 12.1 Å². The molecule has 6 heteroatoms. The molecule has 2 N–H and O–H groups in total. The molecular weight excluding hydrogens is 308 g/mol. The van der Waals surface area contributed by atoms with Gasteiger partial charge in [-0.15, -0.1) is 0 Å². The van der Waals surface area contributed by atoms with Gasteiger partial charge in [0.1, 0.15) is 18.0 Å². The lowest BCUT2D eigenvalue weighted by atomic mass is 9.86. The van der Waals surface area contributed by atoms with Crippen LogP contribution in [0.3, 0.4) is 0 Å². The number of hydrogen-bond acceptors (Lipinski definition) is 5.